The van der Waals surface area contributed by atoms with Gasteiger partial charge in [0, 0.05) is 17.2 Å². The van der Waals surface area contributed by atoms with Gasteiger partial charge in [-0.25, -0.2) is 9.37 Å². The molecule has 0 unspecified atom stereocenters. The van der Waals surface area contributed by atoms with Gasteiger partial charge in [0.15, 0.2) is 5.82 Å². The first-order chi connectivity index (χ1) is 15.0. The molecule has 31 heavy (non-hydrogen) atoms. The highest BCUT2D eigenvalue weighted by atomic mass is 19.1. The zero-order valence-corrected chi connectivity index (χ0v) is 16.8. The van der Waals surface area contributed by atoms with E-state index in [1.165, 1.54) is 50.6 Å². The quantitative estimate of drug-likeness (QED) is 0.535. The first kappa shape index (κ1) is 20.1. The normalized spacial score (nSPS) is 10.7. The lowest BCUT2D eigenvalue weighted by atomic mass is 10.1. The second kappa shape index (κ2) is 8.27. The number of ether oxygens (including phenoxy) is 2. The molecular formula is C23H18FN3O4. The molecule has 0 bridgehead atoms. The standard InChI is InChI=1S/C23H18FN3O4/c1-30-17-11-15(12-18(13-17)31-2)22(28)26-27-21(14-7-9-16(24)10-8-14)25-20-6-4-3-5-19(20)23(27)29/h3-13H,1-2H3,(H,26,28). The zero-order valence-electron chi connectivity index (χ0n) is 16.8. The second-order valence-corrected chi connectivity index (χ2v) is 6.64. The number of carbonyl (C=O) groups excluding carboxylic acids is 1. The summed E-state index contributed by atoms with van der Waals surface area (Å²) >= 11 is 0. The van der Waals surface area contributed by atoms with Crippen molar-refractivity contribution in [1.29, 1.82) is 0 Å². The van der Waals surface area contributed by atoms with Crippen LogP contribution in [0.1, 0.15) is 10.4 Å². The molecule has 8 heteroatoms. The Kier molecular flexibility index (Phi) is 5.36. The fourth-order valence-corrected chi connectivity index (χ4v) is 3.13. The van der Waals surface area contributed by atoms with Crippen LogP contribution in [0.3, 0.4) is 0 Å². The van der Waals surface area contributed by atoms with Gasteiger partial charge in [0.25, 0.3) is 11.5 Å². The summed E-state index contributed by atoms with van der Waals surface area (Å²) in [5.41, 5.74) is 3.28. The molecule has 0 saturated carbocycles. The number of nitrogens with zero attached hydrogens (tertiary/aromatic N) is 2. The predicted molar refractivity (Wildman–Crippen MR) is 115 cm³/mol. The Hall–Kier alpha value is -4.20. The Labute approximate surface area is 176 Å². The Morgan fingerprint density at radius 1 is 0.968 bits per heavy atom. The van der Waals surface area contributed by atoms with Gasteiger partial charge in [-0.05, 0) is 48.5 Å². The Bertz CT molecular complexity index is 1310. The molecule has 3 aromatic carbocycles. The van der Waals surface area contributed by atoms with Crippen LogP contribution in [0.15, 0.2) is 71.5 Å². The van der Waals surface area contributed by atoms with Crippen LogP contribution < -0.4 is 20.5 Å². The van der Waals surface area contributed by atoms with Crippen molar-refractivity contribution in [2.75, 3.05) is 19.6 Å². The molecule has 1 N–H and O–H groups in total. The summed E-state index contributed by atoms with van der Waals surface area (Å²) in [4.78, 5) is 30.7. The summed E-state index contributed by atoms with van der Waals surface area (Å²) in [6.07, 6.45) is 0. The summed E-state index contributed by atoms with van der Waals surface area (Å²) in [5.74, 6) is 0.0251. The molecule has 0 aliphatic heterocycles. The maximum absolute atomic E-state index is 13.4. The van der Waals surface area contributed by atoms with Gasteiger partial charge < -0.3 is 9.47 Å². The van der Waals surface area contributed by atoms with Gasteiger partial charge in [-0.2, -0.15) is 4.68 Å². The van der Waals surface area contributed by atoms with Crippen molar-refractivity contribution in [3.8, 4) is 22.9 Å². The zero-order chi connectivity index (χ0) is 22.0. The Morgan fingerprint density at radius 2 is 1.61 bits per heavy atom. The van der Waals surface area contributed by atoms with E-state index < -0.39 is 17.3 Å². The van der Waals surface area contributed by atoms with Crippen LogP contribution in [0.4, 0.5) is 4.39 Å². The highest BCUT2D eigenvalue weighted by Crippen LogP contribution is 2.23. The van der Waals surface area contributed by atoms with E-state index in [2.05, 4.69) is 10.4 Å². The van der Waals surface area contributed by atoms with Crippen molar-refractivity contribution >= 4 is 16.8 Å². The van der Waals surface area contributed by atoms with Crippen LogP contribution in [0.2, 0.25) is 0 Å². The molecule has 7 nitrogen and oxygen atoms in total. The van der Waals surface area contributed by atoms with Crippen molar-refractivity contribution in [3.05, 3.63) is 88.5 Å². The minimum Gasteiger partial charge on any atom is -0.497 e. The number of hydrogen-bond donors (Lipinski definition) is 1. The summed E-state index contributed by atoms with van der Waals surface area (Å²) in [7, 11) is 2.95. The number of carbonyl (C=O) groups is 1. The van der Waals surface area contributed by atoms with Crippen LogP contribution in [-0.2, 0) is 0 Å². The van der Waals surface area contributed by atoms with Crippen molar-refractivity contribution < 1.29 is 18.7 Å². The number of para-hydroxylation sites is 1. The molecule has 0 atom stereocenters. The number of hydrogen-bond acceptors (Lipinski definition) is 5. The van der Waals surface area contributed by atoms with E-state index in [4.69, 9.17) is 9.47 Å². The molecule has 4 rings (SSSR count). The number of nitrogens with one attached hydrogen (secondary N) is 1. The molecule has 0 aliphatic carbocycles. The minimum atomic E-state index is -0.570. The number of halogens is 1. The monoisotopic (exact) mass is 419 g/mol. The van der Waals surface area contributed by atoms with Crippen LogP contribution in [0, 0.1) is 5.82 Å². The lowest BCUT2D eigenvalue weighted by Gasteiger charge is -2.15. The van der Waals surface area contributed by atoms with E-state index in [1.54, 1.807) is 30.3 Å². The van der Waals surface area contributed by atoms with Crippen LogP contribution in [-0.4, -0.2) is 29.8 Å². The van der Waals surface area contributed by atoms with E-state index in [9.17, 15) is 14.0 Å². The summed E-state index contributed by atoms with van der Waals surface area (Å²) < 4.78 is 24.9. The number of methoxy groups -OCH3 is 2. The Morgan fingerprint density at radius 3 is 2.26 bits per heavy atom. The molecule has 0 radical (unpaired) electrons. The van der Waals surface area contributed by atoms with Gasteiger partial charge in [0.05, 0.1) is 25.1 Å². The lowest BCUT2D eigenvalue weighted by molar-refractivity contribution is 0.101. The van der Waals surface area contributed by atoms with Crippen molar-refractivity contribution in [2.24, 2.45) is 0 Å². The third-order valence-corrected chi connectivity index (χ3v) is 4.71. The molecule has 156 valence electrons. The van der Waals surface area contributed by atoms with Gasteiger partial charge in [-0.1, -0.05) is 12.1 Å². The summed E-state index contributed by atoms with van der Waals surface area (Å²) in [6, 6.07) is 17.0. The van der Waals surface area contributed by atoms with Crippen LogP contribution in [0.5, 0.6) is 11.5 Å². The third-order valence-electron chi connectivity index (χ3n) is 4.71. The average molecular weight is 419 g/mol. The third kappa shape index (κ3) is 3.95. The van der Waals surface area contributed by atoms with E-state index in [1.807, 2.05) is 0 Å². The van der Waals surface area contributed by atoms with Crippen LogP contribution >= 0.6 is 0 Å². The number of rotatable bonds is 5. The van der Waals surface area contributed by atoms with Gasteiger partial charge in [0.1, 0.15) is 17.3 Å². The highest BCUT2D eigenvalue weighted by molar-refractivity contribution is 6.01. The smallest absolute Gasteiger partial charge is 0.280 e. The lowest BCUT2D eigenvalue weighted by Crippen LogP contribution is -2.35. The predicted octanol–water partition coefficient (Wildman–Crippen LogP) is 3.60. The molecular weight excluding hydrogens is 401 g/mol. The number of aromatic nitrogens is 2. The molecule has 0 spiro atoms. The molecule has 1 amide bonds. The fourth-order valence-electron chi connectivity index (χ4n) is 3.13. The van der Waals surface area contributed by atoms with Crippen molar-refractivity contribution in [2.45, 2.75) is 0 Å². The van der Waals surface area contributed by atoms with Gasteiger partial charge in [-0.15, -0.1) is 0 Å². The van der Waals surface area contributed by atoms with Crippen molar-refractivity contribution in [1.82, 2.24) is 9.66 Å². The fraction of sp³-hybridized carbons (Fsp3) is 0.0870. The largest absolute Gasteiger partial charge is 0.497 e. The summed E-state index contributed by atoms with van der Waals surface area (Å²) in [6.45, 7) is 0. The molecule has 0 fully saturated rings. The molecule has 0 aliphatic rings. The minimum absolute atomic E-state index is 0.173. The first-order valence-corrected chi connectivity index (χ1v) is 9.32. The van der Waals surface area contributed by atoms with Gasteiger partial charge >= 0.3 is 0 Å². The van der Waals surface area contributed by atoms with Gasteiger partial charge in [0.2, 0.25) is 0 Å². The molecule has 1 heterocycles. The molecule has 4 aromatic rings. The van der Waals surface area contributed by atoms with E-state index >= 15 is 0 Å². The number of amides is 1. The second-order valence-electron chi connectivity index (χ2n) is 6.64. The van der Waals surface area contributed by atoms with E-state index in [0.717, 1.165) is 4.68 Å². The topological polar surface area (TPSA) is 82.4 Å². The molecule has 1 aromatic heterocycles. The highest BCUT2D eigenvalue weighted by Gasteiger charge is 2.17. The van der Waals surface area contributed by atoms with E-state index in [-0.39, 0.29) is 11.4 Å². The van der Waals surface area contributed by atoms with E-state index in [0.29, 0.717) is 28.0 Å². The SMILES string of the molecule is COc1cc(OC)cc(C(=O)Nn2c(-c3ccc(F)cc3)nc3ccccc3c2=O)c1. The van der Waals surface area contributed by atoms with Gasteiger partial charge in [-0.3, -0.25) is 15.0 Å². The average Bonchev–Trinajstić information content (AvgIpc) is 2.80. The van der Waals surface area contributed by atoms with Crippen molar-refractivity contribution in [3.63, 3.8) is 0 Å². The maximum Gasteiger partial charge on any atom is 0.280 e. The number of fused-ring (bicyclic) bond motifs is 1. The number of benzene rings is 3. The first-order valence-electron chi connectivity index (χ1n) is 9.32. The maximum atomic E-state index is 13.4. The Balaban J connectivity index is 1.85. The van der Waals surface area contributed by atoms with Crippen LogP contribution in [0.25, 0.3) is 22.3 Å². The summed E-state index contributed by atoms with van der Waals surface area (Å²) in [5, 5.41) is 0.330. The molecule has 0 saturated heterocycles.